The second-order valence-corrected chi connectivity index (χ2v) is 7.65. The van der Waals surface area contributed by atoms with Crippen LogP contribution in [-0.4, -0.2) is 59.5 Å². The lowest BCUT2D eigenvalue weighted by Crippen LogP contribution is -2.50. The largest absolute Gasteiger partial charge is 0.361 e. The maximum atomic E-state index is 12.5. The number of nitrogens with zero attached hydrogens (tertiary/aromatic N) is 3. The molecule has 2 heterocycles. The Morgan fingerprint density at radius 1 is 1.18 bits per heavy atom. The lowest BCUT2D eigenvalue weighted by atomic mass is 10.1. The molecular weight excluding hydrogens is 403 g/mol. The molecule has 150 valence electrons. The molecule has 0 spiro atoms. The van der Waals surface area contributed by atoms with E-state index in [1.54, 1.807) is 18.2 Å². The van der Waals surface area contributed by atoms with Gasteiger partial charge in [-0.05, 0) is 32.0 Å². The first-order chi connectivity index (χ1) is 13.3. The normalized spacial score (nSPS) is 14.9. The number of nitrogens with one attached hydrogen (secondary N) is 1. The highest BCUT2D eigenvalue weighted by atomic mass is 35.5. The van der Waals surface area contributed by atoms with Crippen LogP contribution in [0.1, 0.15) is 17.0 Å². The van der Waals surface area contributed by atoms with Gasteiger partial charge in [-0.2, -0.15) is 0 Å². The van der Waals surface area contributed by atoms with Crippen LogP contribution < -0.4 is 5.32 Å². The fourth-order valence-electron chi connectivity index (χ4n) is 3.16. The first kappa shape index (κ1) is 20.6. The van der Waals surface area contributed by atoms with E-state index in [-0.39, 0.29) is 24.8 Å². The zero-order chi connectivity index (χ0) is 20.3. The molecule has 3 rings (SSSR count). The summed E-state index contributed by atoms with van der Waals surface area (Å²) in [5.41, 5.74) is 2.14. The summed E-state index contributed by atoms with van der Waals surface area (Å²) in [5.74, 6) is 0.577. The number of hydrogen-bond donors (Lipinski definition) is 1. The van der Waals surface area contributed by atoms with E-state index in [0.717, 1.165) is 11.3 Å². The van der Waals surface area contributed by atoms with Crippen molar-refractivity contribution >= 4 is 40.7 Å². The van der Waals surface area contributed by atoms with Gasteiger partial charge in [0, 0.05) is 36.8 Å². The monoisotopic (exact) mass is 424 g/mol. The number of carbonyl (C=O) groups is 2. The fraction of sp³-hybridized carbons (Fsp3) is 0.421. The molecule has 0 bridgehead atoms. The summed E-state index contributed by atoms with van der Waals surface area (Å²) in [6, 6.07) is 4.93. The number of halogens is 2. The predicted molar refractivity (Wildman–Crippen MR) is 108 cm³/mol. The number of aromatic nitrogens is 1. The number of benzene rings is 1. The summed E-state index contributed by atoms with van der Waals surface area (Å²) < 4.78 is 5.12. The minimum atomic E-state index is -0.153. The average Bonchev–Trinajstić information content (AvgIpc) is 2.96. The molecule has 1 fully saturated rings. The second kappa shape index (κ2) is 8.94. The summed E-state index contributed by atoms with van der Waals surface area (Å²) in [7, 11) is 0. The van der Waals surface area contributed by atoms with E-state index in [1.807, 2.05) is 23.6 Å². The van der Waals surface area contributed by atoms with Gasteiger partial charge in [-0.3, -0.25) is 14.5 Å². The van der Waals surface area contributed by atoms with Crippen LogP contribution in [0, 0.1) is 13.8 Å². The Bertz CT molecular complexity index is 857. The molecule has 1 N–H and O–H groups in total. The fourth-order valence-corrected chi connectivity index (χ4v) is 3.61. The molecule has 1 aliphatic heterocycles. The third-order valence-electron chi connectivity index (χ3n) is 4.81. The van der Waals surface area contributed by atoms with Crippen molar-refractivity contribution in [3.63, 3.8) is 0 Å². The van der Waals surface area contributed by atoms with Gasteiger partial charge in [-0.1, -0.05) is 28.4 Å². The van der Waals surface area contributed by atoms with Crippen molar-refractivity contribution < 1.29 is 14.1 Å². The summed E-state index contributed by atoms with van der Waals surface area (Å²) >= 11 is 11.9. The van der Waals surface area contributed by atoms with Crippen LogP contribution in [0.15, 0.2) is 22.7 Å². The second-order valence-electron chi connectivity index (χ2n) is 6.81. The van der Waals surface area contributed by atoms with Gasteiger partial charge in [-0.15, -0.1) is 0 Å². The lowest BCUT2D eigenvalue weighted by molar-refractivity contribution is -0.132. The third-order valence-corrected chi connectivity index (χ3v) is 5.35. The SMILES string of the molecule is Cc1noc(C)c1CC(=O)N1CCN(CC(=O)Nc2ccc(Cl)cc2Cl)CC1. The number of hydrogen-bond acceptors (Lipinski definition) is 5. The predicted octanol–water partition coefficient (Wildman–Crippen LogP) is 2.92. The van der Waals surface area contributed by atoms with Crippen molar-refractivity contribution in [2.45, 2.75) is 20.3 Å². The Balaban J connectivity index is 1.47. The Hall–Kier alpha value is -2.09. The first-order valence-corrected chi connectivity index (χ1v) is 9.76. The minimum Gasteiger partial charge on any atom is -0.361 e. The Morgan fingerprint density at radius 3 is 2.50 bits per heavy atom. The molecule has 0 saturated carbocycles. The number of amides is 2. The molecule has 9 heteroatoms. The molecule has 7 nitrogen and oxygen atoms in total. The van der Waals surface area contributed by atoms with Crippen LogP contribution in [0.4, 0.5) is 5.69 Å². The quantitative estimate of drug-likeness (QED) is 0.797. The van der Waals surface area contributed by atoms with Gasteiger partial charge in [0.05, 0.1) is 29.4 Å². The molecule has 0 atom stereocenters. The van der Waals surface area contributed by atoms with Gasteiger partial charge in [0.1, 0.15) is 5.76 Å². The third kappa shape index (κ3) is 5.04. The van der Waals surface area contributed by atoms with E-state index in [2.05, 4.69) is 10.5 Å². The molecule has 1 aromatic carbocycles. The van der Waals surface area contributed by atoms with Crippen LogP contribution >= 0.6 is 23.2 Å². The first-order valence-electron chi connectivity index (χ1n) is 9.00. The van der Waals surface area contributed by atoms with Crippen molar-refractivity contribution in [1.29, 1.82) is 0 Å². The standard InChI is InChI=1S/C19H22Cl2N4O3/c1-12-15(13(2)28-23-12)10-19(27)25-7-5-24(6-8-25)11-18(26)22-17-4-3-14(20)9-16(17)21/h3-4,9H,5-8,10-11H2,1-2H3,(H,22,26). The molecule has 0 radical (unpaired) electrons. The maximum Gasteiger partial charge on any atom is 0.238 e. The zero-order valence-electron chi connectivity index (χ0n) is 15.8. The molecule has 1 aliphatic rings. The van der Waals surface area contributed by atoms with Crippen molar-refractivity contribution in [1.82, 2.24) is 15.0 Å². The molecule has 0 aliphatic carbocycles. The van der Waals surface area contributed by atoms with Gasteiger partial charge in [-0.25, -0.2) is 0 Å². The number of anilines is 1. The van der Waals surface area contributed by atoms with Crippen molar-refractivity contribution in [3.05, 3.63) is 45.3 Å². The highest BCUT2D eigenvalue weighted by Gasteiger charge is 2.24. The van der Waals surface area contributed by atoms with Crippen molar-refractivity contribution in [2.24, 2.45) is 0 Å². The zero-order valence-corrected chi connectivity index (χ0v) is 17.3. The Kier molecular flexibility index (Phi) is 6.59. The summed E-state index contributed by atoms with van der Waals surface area (Å²) in [5, 5.41) is 7.59. The van der Waals surface area contributed by atoms with Gasteiger partial charge in [0.25, 0.3) is 0 Å². The average molecular weight is 425 g/mol. The summed E-state index contributed by atoms with van der Waals surface area (Å²) in [6.45, 7) is 6.32. The molecule has 0 unspecified atom stereocenters. The molecular formula is C19H22Cl2N4O3. The number of aryl methyl sites for hydroxylation is 2. The van der Waals surface area contributed by atoms with Crippen molar-refractivity contribution in [2.75, 3.05) is 38.0 Å². The highest BCUT2D eigenvalue weighted by molar-refractivity contribution is 6.36. The van der Waals surface area contributed by atoms with Crippen molar-refractivity contribution in [3.8, 4) is 0 Å². The summed E-state index contributed by atoms with van der Waals surface area (Å²) in [6.07, 6.45) is 0.288. The topological polar surface area (TPSA) is 78.7 Å². The van der Waals surface area contributed by atoms with E-state index in [1.165, 1.54) is 0 Å². The summed E-state index contributed by atoms with van der Waals surface area (Å²) in [4.78, 5) is 28.6. The van der Waals surface area contributed by atoms with Crippen LogP contribution in [0.2, 0.25) is 10.0 Å². The molecule has 28 heavy (non-hydrogen) atoms. The van der Waals surface area contributed by atoms with Crippen LogP contribution in [0.5, 0.6) is 0 Å². The van der Waals surface area contributed by atoms with Gasteiger partial charge in [0.15, 0.2) is 0 Å². The maximum absolute atomic E-state index is 12.5. The van der Waals surface area contributed by atoms with E-state index < -0.39 is 0 Å². The van der Waals surface area contributed by atoms with Gasteiger partial charge in [0.2, 0.25) is 11.8 Å². The number of rotatable bonds is 5. The molecule has 2 aromatic rings. The van der Waals surface area contributed by atoms with Crippen LogP contribution in [-0.2, 0) is 16.0 Å². The van der Waals surface area contributed by atoms with E-state index in [0.29, 0.717) is 47.7 Å². The smallest absolute Gasteiger partial charge is 0.238 e. The number of carbonyl (C=O) groups excluding carboxylic acids is 2. The molecule has 1 aromatic heterocycles. The van der Waals surface area contributed by atoms with Gasteiger partial charge < -0.3 is 14.7 Å². The van der Waals surface area contributed by atoms with Gasteiger partial charge >= 0.3 is 0 Å². The lowest BCUT2D eigenvalue weighted by Gasteiger charge is -2.34. The Morgan fingerprint density at radius 2 is 1.89 bits per heavy atom. The van der Waals surface area contributed by atoms with Crippen LogP contribution in [0.3, 0.4) is 0 Å². The molecule has 2 amide bonds. The van der Waals surface area contributed by atoms with E-state index >= 15 is 0 Å². The van der Waals surface area contributed by atoms with E-state index in [4.69, 9.17) is 27.7 Å². The minimum absolute atomic E-state index is 0.0476. The number of piperazine rings is 1. The highest BCUT2D eigenvalue weighted by Crippen LogP contribution is 2.25. The Labute approximate surface area is 173 Å². The van der Waals surface area contributed by atoms with E-state index in [9.17, 15) is 9.59 Å². The molecule has 1 saturated heterocycles. The van der Waals surface area contributed by atoms with Crippen LogP contribution in [0.25, 0.3) is 0 Å².